The number of morpholine rings is 1. The maximum atomic E-state index is 13.3. The van der Waals surface area contributed by atoms with Crippen molar-refractivity contribution in [2.24, 2.45) is 0 Å². The van der Waals surface area contributed by atoms with E-state index in [1.54, 1.807) is 29.2 Å². The van der Waals surface area contributed by atoms with Crippen molar-refractivity contribution in [3.8, 4) is 5.75 Å². The fourth-order valence-electron chi connectivity index (χ4n) is 3.53. The molecule has 2 aromatic rings. The SMILES string of the molecule is O=C(c1cccc(OC2CN(Cc3cc(F)c(F)c(F)c3)C2)c1)N1CCOCC1. The number of hydrogen-bond acceptors (Lipinski definition) is 4. The fraction of sp³-hybridized carbons (Fsp3) is 0.381. The number of rotatable bonds is 5. The second kappa shape index (κ2) is 8.42. The molecule has 0 N–H and O–H groups in total. The lowest BCUT2D eigenvalue weighted by Crippen LogP contribution is -2.53. The highest BCUT2D eigenvalue weighted by Gasteiger charge is 2.29. The number of ether oxygens (including phenoxy) is 2. The van der Waals surface area contributed by atoms with Crippen LogP contribution in [0.5, 0.6) is 5.75 Å². The molecular weight excluding hydrogens is 385 g/mol. The molecule has 0 aromatic heterocycles. The van der Waals surface area contributed by atoms with Gasteiger partial charge in [0.1, 0.15) is 11.9 Å². The molecule has 0 unspecified atom stereocenters. The lowest BCUT2D eigenvalue weighted by Gasteiger charge is -2.39. The third kappa shape index (κ3) is 4.54. The van der Waals surface area contributed by atoms with Gasteiger partial charge in [-0.25, -0.2) is 13.2 Å². The van der Waals surface area contributed by atoms with Crippen LogP contribution in [0.4, 0.5) is 13.2 Å². The van der Waals surface area contributed by atoms with Gasteiger partial charge in [0.25, 0.3) is 5.91 Å². The predicted molar refractivity (Wildman–Crippen MR) is 99.2 cm³/mol. The number of benzene rings is 2. The maximum Gasteiger partial charge on any atom is 0.254 e. The zero-order valence-corrected chi connectivity index (χ0v) is 15.7. The van der Waals surface area contributed by atoms with E-state index in [0.717, 1.165) is 12.1 Å². The van der Waals surface area contributed by atoms with Gasteiger partial charge in [0.2, 0.25) is 0 Å². The summed E-state index contributed by atoms with van der Waals surface area (Å²) in [5.41, 5.74) is 0.941. The van der Waals surface area contributed by atoms with Crippen molar-refractivity contribution in [3.05, 3.63) is 65.0 Å². The summed E-state index contributed by atoms with van der Waals surface area (Å²) in [7, 11) is 0. The second-order valence-electron chi connectivity index (χ2n) is 7.24. The first-order valence-electron chi connectivity index (χ1n) is 9.49. The van der Waals surface area contributed by atoms with Gasteiger partial charge in [0, 0.05) is 38.3 Å². The Labute approximate surface area is 166 Å². The summed E-state index contributed by atoms with van der Waals surface area (Å²) in [5.74, 6) is -3.27. The van der Waals surface area contributed by atoms with E-state index in [1.165, 1.54) is 0 Å². The molecule has 154 valence electrons. The highest BCUT2D eigenvalue weighted by atomic mass is 19.2. The largest absolute Gasteiger partial charge is 0.488 e. The van der Waals surface area contributed by atoms with Crippen molar-refractivity contribution < 1.29 is 27.4 Å². The molecule has 2 aromatic carbocycles. The van der Waals surface area contributed by atoms with Gasteiger partial charge < -0.3 is 14.4 Å². The Kier molecular flexibility index (Phi) is 5.73. The van der Waals surface area contributed by atoms with Gasteiger partial charge in [-0.2, -0.15) is 0 Å². The van der Waals surface area contributed by atoms with Crippen LogP contribution in [0.15, 0.2) is 36.4 Å². The number of halogens is 3. The predicted octanol–water partition coefficient (Wildman–Crippen LogP) is 2.84. The summed E-state index contributed by atoms with van der Waals surface area (Å²) in [5, 5.41) is 0. The molecule has 2 aliphatic rings. The first-order valence-corrected chi connectivity index (χ1v) is 9.49. The van der Waals surface area contributed by atoms with Crippen LogP contribution in [0.1, 0.15) is 15.9 Å². The minimum Gasteiger partial charge on any atom is -0.488 e. The van der Waals surface area contributed by atoms with Crippen LogP contribution >= 0.6 is 0 Å². The van der Waals surface area contributed by atoms with Gasteiger partial charge in [0.15, 0.2) is 17.5 Å². The van der Waals surface area contributed by atoms with E-state index < -0.39 is 17.5 Å². The van der Waals surface area contributed by atoms with E-state index in [-0.39, 0.29) is 12.0 Å². The van der Waals surface area contributed by atoms with Crippen molar-refractivity contribution in [2.75, 3.05) is 39.4 Å². The normalized spacial score (nSPS) is 17.8. The molecule has 8 heteroatoms. The standard InChI is InChI=1S/C21H21F3N2O3/c22-18-8-14(9-19(23)20(18)24)11-25-12-17(13-25)29-16-3-1-2-15(10-16)21(27)26-4-6-28-7-5-26/h1-3,8-10,17H,4-7,11-13H2. The minimum atomic E-state index is -1.45. The summed E-state index contributed by atoms with van der Waals surface area (Å²) in [6.45, 7) is 3.69. The molecule has 0 radical (unpaired) electrons. The Bertz CT molecular complexity index is 873. The van der Waals surface area contributed by atoms with E-state index in [1.807, 2.05) is 4.90 Å². The molecule has 0 bridgehead atoms. The Morgan fingerprint density at radius 2 is 1.76 bits per heavy atom. The van der Waals surface area contributed by atoms with Gasteiger partial charge in [-0.15, -0.1) is 0 Å². The molecule has 2 heterocycles. The second-order valence-corrected chi connectivity index (χ2v) is 7.24. The molecular formula is C21H21F3N2O3. The zero-order chi connectivity index (χ0) is 20.4. The molecule has 2 fully saturated rings. The molecule has 29 heavy (non-hydrogen) atoms. The summed E-state index contributed by atoms with van der Waals surface area (Å²) in [6.07, 6.45) is -0.0844. The quantitative estimate of drug-likeness (QED) is 0.717. The topological polar surface area (TPSA) is 42.0 Å². The van der Waals surface area contributed by atoms with Crippen LogP contribution < -0.4 is 4.74 Å². The number of hydrogen-bond donors (Lipinski definition) is 0. The third-order valence-corrected chi connectivity index (χ3v) is 5.06. The molecule has 1 amide bonds. The van der Waals surface area contributed by atoms with Crippen molar-refractivity contribution in [1.82, 2.24) is 9.80 Å². The summed E-state index contributed by atoms with van der Waals surface area (Å²) >= 11 is 0. The van der Waals surface area contributed by atoms with E-state index in [9.17, 15) is 18.0 Å². The van der Waals surface area contributed by atoms with Crippen molar-refractivity contribution in [2.45, 2.75) is 12.6 Å². The van der Waals surface area contributed by atoms with Crippen LogP contribution in [0.25, 0.3) is 0 Å². The number of carbonyl (C=O) groups is 1. The van der Waals surface area contributed by atoms with Crippen molar-refractivity contribution >= 4 is 5.91 Å². The Hall–Kier alpha value is -2.58. The average Bonchev–Trinajstić information content (AvgIpc) is 2.70. The highest BCUT2D eigenvalue weighted by Crippen LogP contribution is 2.23. The highest BCUT2D eigenvalue weighted by molar-refractivity contribution is 5.94. The molecule has 0 spiro atoms. The Balaban J connectivity index is 1.31. The Morgan fingerprint density at radius 1 is 1.07 bits per heavy atom. The number of carbonyl (C=O) groups excluding carboxylic acids is 1. The fourth-order valence-corrected chi connectivity index (χ4v) is 3.53. The van der Waals surface area contributed by atoms with E-state index in [2.05, 4.69) is 0 Å². The lowest BCUT2D eigenvalue weighted by atomic mass is 10.1. The first-order chi connectivity index (χ1) is 14.0. The molecule has 0 aliphatic carbocycles. The van der Waals surface area contributed by atoms with Gasteiger partial charge in [-0.1, -0.05) is 6.07 Å². The van der Waals surface area contributed by atoms with Gasteiger partial charge in [0.05, 0.1) is 13.2 Å². The van der Waals surface area contributed by atoms with Crippen molar-refractivity contribution in [3.63, 3.8) is 0 Å². The van der Waals surface area contributed by atoms with Crippen molar-refractivity contribution in [1.29, 1.82) is 0 Å². The molecule has 2 aliphatic heterocycles. The van der Waals surface area contributed by atoms with Crippen LogP contribution in [-0.4, -0.2) is 61.2 Å². The average molecular weight is 406 g/mol. The monoisotopic (exact) mass is 406 g/mol. The van der Waals surface area contributed by atoms with Crippen LogP contribution in [0.2, 0.25) is 0 Å². The third-order valence-electron chi connectivity index (χ3n) is 5.06. The van der Waals surface area contributed by atoms with Crippen LogP contribution in [-0.2, 0) is 11.3 Å². The summed E-state index contributed by atoms with van der Waals surface area (Å²) in [6, 6.07) is 9.08. The summed E-state index contributed by atoms with van der Waals surface area (Å²) in [4.78, 5) is 16.3. The van der Waals surface area contributed by atoms with Crippen LogP contribution in [0, 0.1) is 17.5 Å². The smallest absolute Gasteiger partial charge is 0.254 e. The molecule has 2 saturated heterocycles. The van der Waals surface area contributed by atoms with Gasteiger partial charge in [-0.3, -0.25) is 9.69 Å². The number of amides is 1. The molecule has 5 nitrogen and oxygen atoms in total. The molecule has 4 rings (SSSR count). The van der Waals surface area contributed by atoms with E-state index >= 15 is 0 Å². The van der Waals surface area contributed by atoms with Gasteiger partial charge >= 0.3 is 0 Å². The molecule has 0 saturated carbocycles. The van der Waals surface area contributed by atoms with Gasteiger partial charge in [-0.05, 0) is 35.9 Å². The number of nitrogens with zero attached hydrogens (tertiary/aromatic N) is 2. The first kappa shape index (κ1) is 19.7. The van der Waals surface area contributed by atoms with E-state index in [4.69, 9.17) is 9.47 Å². The maximum absolute atomic E-state index is 13.3. The molecule has 0 atom stereocenters. The Morgan fingerprint density at radius 3 is 2.45 bits per heavy atom. The lowest BCUT2D eigenvalue weighted by molar-refractivity contribution is 0.0142. The number of likely N-dealkylation sites (tertiary alicyclic amines) is 1. The van der Waals surface area contributed by atoms with Crippen LogP contribution in [0.3, 0.4) is 0 Å². The summed E-state index contributed by atoms with van der Waals surface area (Å²) < 4.78 is 50.9. The zero-order valence-electron chi connectivity index (χ0n) is 15.7. The van der Waals surface area contributed by atoms with E-state index in [0.29, 0.717) is 62.8 Å². The minimum absolute atomic E-state index is 0.0469.